The zero-order valence-corrected chi connectivity index (χ0v) is 17.6. The number of nitrogens with two attached hydrogens (primary N) is 1. The predicted octanol–water partition coefficient (Wildman–Crippen LogP) is 3.31. The molecule has 0 bridgehead atoms. The van der Waals surface area contributed by atoms with Crippen LogP contribution in [-0.2, 0) is 21.2 Å². The van der Waals surface area contributed by atoms with Crippen LogP contribution < -0.4 is 10.5 Å². The number of sulfonamides is 1. The first-order valence-electron chi connectivity index (χ1n) is 9.91. The van der Waals surface area contributed by atoms with E-state index in [0.717, 1.165) is 22.0 Å². The zero-order chi connectivity index (χ0) is 21.8. The Bertz CT molecular complexity index is 1300. The fourth-order valence-electron chi connectivity index (χ4n) is 3.74. The van der Waals surface area contributed by atoms with E-state index in [4.69, 9.17) is 5.14 Å². The van der Waals surface area contributed by atoms with Crippen LogP contribution in [0, 0.1) is 0 Å². The predicted molar refractivity (Wildman–Crippen MR) is 121 cm³/mol. The average molecular weight is 434 g/mol. The molecule has 1 atom stereocenters. The highest BCUT2D eigenvalue weighted by Crippen LogP contribution is 2.30. The third-order valence-corrected chi connectivity index (χ3v) is 6.25. The van der Waals surface area contributed by atoms with E-state index in [1.807, 2.05) is 42.6 Å². The monoisotopic (exact) mass is 433 g/mol. The molecule has 6 nitrogen and oxygen atoms in total. The quantitative estimate of drug-likeness (QED) is 0.416. The van der Waals surface area contributed by atoms with Crippen molar-refractivity contribution in [3.05, 3.63) is 102 Å². The van der Waals surface area contributed by atoms with Gasteiger partial charge in [-0.15, -0.1) is 0 Å². The average Bonchev–Trinajstić information content (AvgIpc) is 3.18. The lowest BCUT2D eigenvalue weighted by Gasteiger charge is -2.18. The Morgan fingerprint density at radius 3 is 2.32 bits per heavy atom. The minimum Gasteiger partial charge on any atom is -0.361 e. The summed E-state index contributed by atoms with van der Waals surface area (Å²) in [5.41, 5.74) is 4.01. The van der Waals surface area contributed by atoms with Gasteiger partial charge in [-0.2, -0.15) is 0 Å². The van der Waals surface area contributed by atoms with Crippen molar-refractivity contribution in [1.82, 2.24) is 10.3 Å². The lowest BCUT2D eigenvalue weighted by Crippen LogP contribution is -2.30. The third kappa shape index (κ3) is 4.84. The second kappa shape index (κ2) is 8.75. The van der Waals surface area contributed by atoms with Crippen LogP contribution in [0.5, 0.6) is 0 Å². The molecule has 1 aromatic heterocycles. The van der Waals surface area contributed by atoms with Crippen molar-refractivity contribution >= 4 is 26.8 Å². The summed E-state index contributed by atoms with van der Waals surface area (Å²) < 4.78 is 22.8. The van der Waals surface area contributed by atoms with Crippen LogP contribution in [0.4, 0.5) is 0 Å². The molecule has 158 valence electrons. The number of aromatic amines is 1. The summed E-state index contributed by atoms with van der Waals surface area (Å²) in [6.07, 6.45) is 2.15. The highest BCUT2D eigenvalue weighted by Gasteiger charge is 2.19. The van der Waals surface area contributed by atoms with Crippen molar-refractivity contribution in [2.75, 3.05) is 6.54 Å². The Labute approximate surface area is 181 Å². The molecule has 0 fully saturated rings. The molecule has 3 aromatic carbocycles. The van der Waals surface area contributed by atoms with Gasteiger partial charge in [0.05, 0.1) is 11.3 Å². The number of para-hydroxylation sites is 1. The van der Waals surface area contributed by atoms with Crippen molar-refractivity contribution < 1.29 is 13.2 Å². The number of primary sulfonamides is 1. The summed E-state index contributed by atoms with van der Waals surface area (Å²) in [7, 11) is -3.75. The van der Waals surface area contributed by atoms with Crippen LogP contribution in [0.25, 0.3) is 10.9 Å². The van der Waals surface area contributed by atoms with Gasteiger partial charge in [0.1, 0.15) is 0 Å². The fraction of sp³-hybridized carbons (Fsp3) is 0.125. The van der Waals surface area contributed by atoms with Crippen LogP contribution in [0.2, 0.25) is 0 Å². The van der Waals surface area contributed by atoms with E-state index < -0.39 is 10.0 Å². The number of carbonyl (C=O) groups excluding carboxylic acids is 1. The maximum atomic E-state index is 12.6. The van der Waals surface area contributed by atoms with Crippen LogP contribution in [0.1, 0.15) is 22.6 Å². The fourth-order valence-corrected chi connectivity index (χ4v) is 4.25. The molecule has 0 radical (unpaired) electrons. The van der Waals surface area contributed by atoms with Crippen molar-refractivity contribution in [3.8, 4) is 0 Å². The summed E-state index contributed by atoms with van der Waals surface area (Å²) in [5, 5.41) is 9.28. The first-order valence-corrected chi connectivity index (χ1v) is 11.5. The van der Waals surface area contributed by atoms with E-state index in [9.17, 15) is 13.2 Å². The molecule has 7 heteroatoms. The Hall–Kier alpha value is -3.42. The van der Waals surface area contributed by atoms with Crippen LogP contribution in [0.3, 0.4) is 0 Å². The Kier molecular flexibility index (Phi) is 5.88. The molecule has 1 amide bonds. The number of carbonyl (C=O) groups is 1. The number of amides is 1. The first kappa shape index (κ1) is 20.8. The Balaban J connectivity index is 1.51. The van der Waals surface area contributed by atoms with E-state index in [2.05, 4.69) is 28.5 Å². The highest BCUT2D eigenvalue weighted by molar-refractivity contribution is 7.89. The van der Waals surface area contributed by atoms with Gasteiger partial charge >= 0.3 is 0 Å². The third-order valence-electron chi connectivity index (χ3n) is 5.32. The maximum Gasteiger partial charge on any atom is 0.238 e. The number of hydrogen-bond donors (Lipinski definition) is 3. The number of aromatic nitrogens is 1. The maximum absolute atomic E-state index is 12.6. The molecule has 0 saturated carbocycles. The molecule has 0 aliphatic rings. The summed E-state index contributed by atoms with van der Waals surface area (Å²) >= 11 is 0. The van der Waals surface area contributed by atoms with Crippen LogP contribution >= 0.6 is 0 Å². The van der Waals surface area contributed by atoms with Gasteiger partial charge in [0, 0.05) is 29.6 Å². The topological polar surface area (TPSA) is 105 Å². The van der Waals surface area contributed by atoms with E-state index >= 15 is 0 Å². The number of H-pyrrole nitrogens is 1. The molecule has 31 heavy (non-hydrogen) atoms. The second-order valence-corrected chi connectivity index (χ2v) is 8.98. The summed E-state index contributed by atoms with van der Waals surface area (Å²) in [6.45, 7) is 0.444. The normalized spacial score (nSPS) is 12.5. The van der Waals surface area contributed by atoms with Gasteiger partial charge in [-0.3, -0.25) is 4.79 Å². The van der Waals surface area contributed by atoms with Gasteiger partial charge in [-0.1, -0.05) is 60.7 Å². The van der Waals surface area contributed by atoms with Crippen LogP contribution in [-0.4, -0.2) is 25.9 Å². The molecule has 4 rings (SSSR count). The van der Waals surface area contributed by atoms with Crippen molar-refractivity contribution in [2.45, 2.75) is 17.2 Å². The molecule has 0 spiro atoms. The number of rotatable bonds is 7. The van der Waals surface area contributed by atoms with E-state index in [1.54, 1.807) is 12.1 Å². The molecule has 1 unspecified atom stereocenters. The molecule has 0 saturated heterocycles. The Morgan fingerprint density at radius 1 is 0.935 bits per heavy atom. The number of fused-ring (bicyclic) bond motifs is 1. The van der Waals surface area contributed by atoms with Gasteiger partial charge in [-0.25, -0.2) is 13.6 Å². The largest absolute Gasteiger partial charge is 0.361 e. The van der Waals surface area contributed by atoms with Gasteiger partial charge in [0.25, 0.3) is 0 Å². The lowest BCUT2D eigenvalue weighted by atomic mass is 9.91. The lowest BCUT2D eigenvalue weighted by molar-refractivity contribution is -0.120. The van der Waals surface area contributed by atoms with Gasteiger partial charge in [0.15, 0.2) is 0 Å². The van der Waals surface area contributed by atoms with E-state index in [-0.39, 0.29) is 23.1 Å². The van der Waals surface area contributed by atoms with Gasteiger partial charge in [0.2, 0.25) is 15.9 Å². The van der Waals surface area contributed by atoms with Gasteiger partial charge in [-0.05, 0) is 34.9 Å². The van der Waals surface area contributed by atoms with E-state index in [0.29, 0.717) is 12.1 Å². The molecule has 4 aromatic rings. The Morgan fingerprint density at radius 2 is 1.61 bits per heavy atom. The molecule has 0 aliphatic carbocycles. The minimum absolute atomic E-state index is 0.00828. The number of nitrogens with one attached hydrogen (secondary N) is 2. The molecule has 1 heterocycles. The number of hydrogen-bond acceptors (Lipinski definition) is 3. The molecule has 0 aliphatic heterocycles. The van der Waals surface area contributed by atoms with Gasteiger partial charge < -0.3 is 10.3 Å². The zero-order valence-electron chi connectivity index (χ0n) is 16.8. The smallest absolute Gasteiger partial charge is 0.238 e. The minimum atomic E-state index is -3.75. The molecular weight excluding hydrogens is 410 g/mol. The molecule has 4 N–H and O–H groups in total. The second-order valence-electron chi connectivity index (χ2n) is 7.42. The first-order chi connectivity index (χ1) is 14.9. The van der Waals surface area contributed by atoms with E-state index in [1.165, 1.54) is 12.1 Å². The summed E-state index contributed by atoms with van der Waals surface area (Å²) in [5.74, 6) is -0.143. The summed E-state index contributed by atoms with van der Waals surface area (Å²) in [6, 6.07) is 24.2. The highest BCUT2D eigenvalue weighted by atomic mass is 32.2. The molecular formula is C24H23N3O3S. The van der Waals surface area contributed by atoms with Crippen molar-refractivity contribution in [1.29, 1.82) is 0 Å². The standard InChI is InChI=1S/C24H23N3O3S/c25-31(29,30)19-12-10-17(11-13-19)14-24(28)27-15-21(18-6-2-1-3-7-18)22-16-26-23-9-5-4-8-20(22)23/h1-13,16,21,26H,14-15H2,(H,27,28)(H2,25,29,30). The number of benzene rings is 3. The van der Waals surface area contributed by atoms with Crippen LogP contribution in [0.15, 0.2) is 90.0 Å². The van der Waals surface area contributed by atoms with Crippen molar-refractivity contribution in [3.63, 3.8) is 0 Å². The van der Waals surface area contributed by atoms with Crippen molar-refractivity contribution in [2.24, 2.45) is 5.14 Å². The summed E-state index contributed by atoms with van der Waals surface area (Å²) in [4.78, 5) is 15.9. The SMILES string of the molecule is NS(=O)(=O)c1ccc(CC(=O)NCC(c2ccccc2)c2c[nH]c3ccccc23)cc1.